The van der Waals surface area contributed by atoms with E-state index in [9.17, 15) is 14.7 Å². The molecule has 1 aromatic carbocycles. The van der Waals surface area contributed by atoms with Crippen LogP contribution in [0.1, 0.15) is 12.2 Å². The second-order valence-electron chi connectivity index (χ2n) is 3.78. The molecule has 0 atom stereocenters. The van der Waals surface area contributed by atoms with Gasteiger partial charge in [0.2, 0.25) is 0 Å². The first-order valence-corrected chi connectivity index (χ1v) is 5.24. The lowest BCUT2D eigenvalue weighted by Gasteiger charge is -2.10. The Balaban J connectivity index is 2.55. The second-order valence-corrected chi connectivity index (χ2v) is 3.78. The molecule has 5 heteroatoms. The molecule has 0 aliphatic rings. The molecule has 5 nitrogen and oxygen atoms in total. The number of carboxylic acid groups (broad SMARTS) is 1. The predicted octanol–water partition coefficient (Wildman–Crippen LogP) is -0.384. The van der Waals surface area contributed by atoms with Crippen LogP contribution in [0.3, 0.4) is 0 Å². The summed E-state index contributed by atoms with van der Waals surface area (Å²) in [6.45, 7) is 0. The minimum absolute atomic E-state index is 0.140. The van der Waals surface area contributed by atoms with Crippen molar-refractivity contribution in [1.29, 1.82) is 0 Å². The average molecular weight is 231 g/mol. The van der Waals surface area contributed by atoms with Crippen LogP contribution in [-0.4, -0.2) is 15.5 Å². The van der Waals surface area contributed by atoms with E-state index in [1.807, 2.05) is 6.07 Å². The van der Waals surface area contributed by atoms with Crippen molar-refractivity contribution in [3.05, 3.63) is 40.4 Å². The van der Waals surface area contributed by atoms with E-state index in [4.69, 9.17) is 0 Å². The molecular formula is C12H11N2O3-. The zero-order valence-electron chi connectivity index (χ0n) is 9.34. The quantitative estimate of drug-likeness (QED) is 0.721. The summed E-state index contributed by atoms with van der Waals surface area (Å²) in [7, 11) is 1.76. The maximum atomic E-state index is 11.7. The van der Waals surface area contributed by atoms with Crippen molar-refractivity contribution < 1.29 is 9.90 Å². The minimum Gasteiger partial charge on any atom is -0.550 e. The Labute approximate surface area is 97.3 Å². The number of aromatic nitrogens is 2. The topological polar surface area (TPSA) is 75.0 Å². The molecule has 2 aromatic rings. The monoisotopic (exact) mass is 231 g/mol. The van der Waals surface area contributed by atoms with E-state index in [2.05, 4.69) is 4.98 Å². The predicted molar refractivity (Wildman–Crippen MR) is 60.3 cm³/mol. The molecule has 0 aliphatic heterocycles. The zero-order chi connectivity index (χ0) is 12.4. The van der Waals surface area contributed by atoms with E-state index in [0.29, 0.717) is 11.2 Å². The van der Waals surface area contributed by atoms with Gasteiger partial charge < -0.3 is 14.5 Å². The van der Waals surface area contributed by atoms with Crippen LogP contribution in [0.2, 0.25) is 0 Å². The summed E-state index contributed by atoms with van der Waals surface area (Å²) in [5, 5.41) is 10.9. The van der Waals surface area contributed by atoms with Crippen LogP contribution in [0, 0.1) is 0 Å². The van der Waals surface area contributed by atoms with Crippen LogP contribution in [0.5, 0.6) is 0 Å². The number of para-hydroxylation sites is 1. The van der Waals surface area contributed by atoms with Gasteiger partial charge in [-0.2, -0.15) is 4.98 Å². The first kappa shape index (κ1) is 11.3. The lowest BCUT2D eigenvalue weighted by molar-refractivity contribution is -0.305. The lowest BCUT2D eigenvalue weighted by atomic mass is 10.2. The number of carboxylic acids is 1. The molecule has 1 aromatic heterocycles. The molecule has 0 spiro atoms. The Kier molecular flexibility index (Phi) is 2.91. The van der Waals surface area contributed by atoms with Crippen LogP contribution >= 0.6 is 0 Å². The number of benzene rings is 1. The van der Waals surface area contributed by atoms with E-state index >= 15 is 0 Å². The number of aryl methyl sites for hydroxylation is 2. The van der Waals surface area contributed by atoms with Crippen molar-refractivity contribution in [2.45, 2.75) is 12.8 Å². The third-order valence-corrected chi connectivity index (χ3v) is 2.67. The molecule has 0 radical (unpaired) electrons. The smallest absolute Gasteiger partial charge is 0.280 e. The number of rotatable bonds is 3. The molecule has 88 valence electrons. The van der Waals surface area contributed by atoms with Crippen LogP contribution < -0.4 is 10.7 Å². The fourth-order valence-electron chi connectivity index (χ4n) is 1.78. The van der Waals surface area contributed by atoms with Gasteiger partial charge in [0.1, 0.15) is 5.82 Å². The number of carbonyl (C=O) groups excluding carboxylic acids is 1. The third kappa shape index (κ3) is 2.18. The molecule has 0 saturated carbocycles. The van der Waals surface area contributed by atoms with E-state index in [0.717, 1.165) is 5.52 Å². The summed E-state index contributed by atoms with van der Waals surface area (Å²) in [5.74, 6) is -0.690. The Morgan fingerprint density at radius 2 is 2.12 bits per heavy atom. The normalized spacial score (nSPS) is 10.6. The summed E-state index contributed by atoms with van der Waals surface area (Å²) in [6.07, 6.45) is 0.0531. The molecule has 0 amide bonds. The Hall–Kier alpha value is -2.17. The Morgan fingerprint density at radius 3 is 2.82 bits per heavy atom. The highest BCUT2D eigenvalue weighted by atomic mass is 16.4. The van der Waals surface area contributed by atoms with Crippen molar-refractivity contribution in [1.82, 2.24) is 9.55 Å². The summed E-state index contributed by atoms with van der Waals surface area (Å²) in [5.41, 5.74) is 0.424. The molecule has 0 saturated heterocycles. The highest BCUT2D eigenvalue weighted by Gasteiger charge is 2.07. The summed E-state index contributed by atoms with van der Waals surface area (Å²) in [6, 6.07) is 7.10. The highest BCUT2D eigenvalue weighted by Crippen LogP contribution is 2.10. The van der Waals surface area contributed by atoms with Crippen LogP contribution in [-0.2, 0) is 18.3 Å². The largest absolute Gasteiger partial charge is 0.550 e. The van der Waals surface area contributed by atoms with Crippen molar-refractivity contribution in [3.63, 3.8) is 0 Å². The molecule has 0 aliphatic carbocycles. The van der Waals surface area contributed by atoms with Gasteiger partial charge >= 0.3 is 0 Å². The first-order valence-electron chi connectivity index (χ1n) is 5.24. The van der Waals surface area contributed by atoms with Crippen molar-refractivity contribution >= 4 is 16.9 Å². The minimum atomic E-state index is -1.15. The van der Waals surface area contributed by atoms with Gasteiger partial charge in [0.15, 0.2) is 0 Å². The number of hydrogen-bond donors (Lipinski definition) is 0. The standard InChI is InChI=1S/C12H12N2O3/c1-14-9-5-3-2-4-8(9)12(17)13-10(14)6-7-11(15)16/h2-5H,6-7H2,1H3,(H,15,16)/p-1. The molecular weight excluding hydrogens is 220 g/mol. The number of aliphatic carboxylic acids is 1. The van der Waals surface area contributed by atoms with E-state index < -0.39 is 5.97 Å². The molecule has 17 heavy (non-hydrogen) atoms. The van der Waals surface area contributed by atoms with Gasteiger partial charge in [-0.25, -0.2) is 0 Å². The first-order chi connectivity index (χ1) is 8.09. The number of nitrogens with zero attached hydrogens (tertiary/aromatic N) is 2. The average Bonchev–Trinajstić information content (AvgIpc) is 2.32. The molecule has 0 bridgehead atoms. The van der Waals surface area contributed by atoms with E-state index in [1.54, 1.807) is 29.8 Å². The SMILES string of the molecule is Cn1c(CCC(=O)[O-])nc(=O)c2ccccc21. The van der Waals surface area contributed by atoms with Gasteiger partial charge in [-0.05, 0) is 18.6 Å². The van der Waals surface area contributed by atoms with Crippen LogP contribution in [0.15, 0.2) is 29.1 Å². The number of fused-ring (bicyclic) bond motifs is 1. The Morgan fingerprint density at radius 1 is 1.41 bits per heavy atom. The highest BCUT2D eigenvalue weighted by molar-refractivity contribution is 5.78. The molecule has 2 rings (SSSR count). The van der Waals surface area contributed by atoms with E-state index in [1.165, 1.54) is 0 Å². The number of carbonyl (C=O) groups is 1. The fraction of sp³-hybridized carbons (Fsp3) is 0.250. The van der Waals surface area contributed by atoms with Gasteiger partial charge in [-0.1, -0.05) is 12.1 Å². The van der Waals surface area contributed by atoms with Gasteiger partial charge in [0.25, 0.3) is 5.56 Å². The maximum Gasteiger partial charge on any atom is 0.280 e. The van der Waals surface area contributed by atoms with Crippen LogP contribution in [0.25, 0.3) is 10.9 Å². The fourth-order valence-corrected chi connectivity index (χ4v) is 1.78. The van der Waals surface area contributed by atoms with Gasteiger partial charge in [-0.3, -0.25) is 4.79 Å². The summed E-state index contributed by atoms with van der Waals surface area (Å²) < 4.78 is 1.74. The third-order valence-electron chi connectivity index (χ3n) is 2.67. The lowest BCUT2D eigenvalue weighted by Crippen LogP contribution is -2.24. The van der Waals surface area contributed by atoms with Crippen molar-refractivity contribution in [3.8, 4) is 0 Å². The zero-order valence-corrected chi connectivity index (χ0v) is 9.34. The summed E-state index contributed by atoms with van der Waals surface area (Å²) >= 11 is 0. The summed E-state index contributed by atoms with van der Waals surface area (Å²) in [4.78, 5) is 26.0. The van der Waals surface area contributed by atoms with Gasteiger partial charge in [-0.15, -0.1) is 0 Å². The molecule has 0 unspecified atom stereocenters. The van der Waals surface area contributed by atoms with Crippen molar-refractivity contribution in [2.75, 3.05) is 0 Å². The molecule has 1 heterocycles. The molecule has 0 fully saturated rings. The molecule has 0 N–H and O–H groups in total. The van der Waals surface area contributed by atoms with Crippen LogP contribution in [0.4, 0.5) is 0 Å². The number of hydrogen-bond acceptors (Lipinski definition) is 4. The Bertz CT molecular complexity index is 631. The van der Waals surface area contributed by atoms with Gasteiger partial charge in [0, 0.05) is 19.4 Å². The van der Waals surface area contributed by atoms with Gasteiger partial charge in [0.05, 0.1) is 10.9 Å². The van der Waals surface area contributed by atoms with Crippen molar-refractivity contribution in [2.24, 2.45) is 7.05 Å². The maximum absolute atomic E-state index is 11.7. The van der Waals surface area contributed by atoms with E-state index in [-0.39, 0.29) is 18.4 Å². The second kappa shape index (κ2) is 4.37.